The Balaban J connectivity index is 2.44. The van der Waals surface area contributed by atoms with Crippen molar-refractivity contribution in [3.05, 3.63) is 29.6 Å². The molecule has 4 heteroatoms. The van der Waals surface area contributed by atoms with E-state index in [1.165, 1.54) is 0 Å². The van der Waals surface area contributed by atoms with E-state index in [1.807, 2.05) is 37.1 Å². The smallest absolute Gasteiger partial charge is 0.304 e. The molecule has 0 radical (unpaired) electrons. The summed E-state index contributed by atoms with van der Waals surface area (Å²) < 4.78 is 0. The minimum atomic E-state index is -0.765. The van der Waals surface area contributed by atoms with Crippen LogP contribution >= 0.6 is 0 Å². The lowest BCUT2D eigenvalue weighted by Gasteiger charge is -2.14. The summed E-state index contributed by atoms with van der Waals surface area (Å²) in [6, 6.07) is 5.85. The van der Waals surface area contributed by atoms with Crippen LogP contribution in [0.4, 0.5) is 0 Å². The number of rotatable bonds is 5. The van der Waals surface area contributed by atoms with Crippen molar-refractivity contribution in [1.82, 2.24) is 9.88 Å². The molecule has 0 fully saturated rings. The van der Waals surface area contributed by atoms with Crippen molar-refractivity contribution in [3.8, 4) is 0 Å². The molecule has 82 valence electrons. The Labute approximate surface area is 89.6 Å². The molecule has 0 bridgehead atoms. The number of aryl methyl sites for hydroxylation is 1. The fourth-order valence-electron chi connectivity index (χ4n) is 1.33. The van der Waals surface area contributed by atoms with E-state index in [1.54, 1.807) is 0 Å². The molecule has 1 rings (SSSR count). The molecule has 0 aromatic carbocycles. The molecule has 0 saturated carbocycles. The molecular formula is C11H16N2O2. The highest BCUT2D eigenvalue weighted by Gasteiger charge is 2.04. The van der Waals surface area contributed by atoms with Crippen molar-refractivity contribution < 1.29 is 9.90 Å². The summed E-state index contributed by atoms with van der Waals surface area (Å²) in [4.78, 5) is 16.7. The van der Waals surface area contributed by atoms with Gasteiger partial charge in [-0.2, -0.15) is 0 Å². The second-order valence-electron chi connectivity index (χ2n) is 3.65. The van der Waals surface area contributed by atoms with E-state index in [-0.39, 0.29) is 6.42 Å². The maximum Gasteiger partial charge on any atom is 0.304 e. The van der Waals surface area contributed by atoms with Crippen LogP contribution in [0.5, 0.6) is 0 Å². The van der Waals surface area contributed by atoms with E-state index in [9.17, 15) is 4.79 Å². The summed E-state index contributed by atoms with van der Waals surface area (Å²) in [7, 11) is 1.90. The van der Waals surface area contributed by atoms with Gasteiger partial charge in [-0.05, 0) is 26.1 Å². The third kappa shape index (κ3) is 4.56. The van der Waals surface area contributed by atoms with Gasteiger partial charge in [0.05, 0.1) is 12.1 Å². The second kappa shape index (κ2) is 5.46. The lowest BCUT2D eigenvalue weighted by Crippen LogP contribution is -2.21. The third-order valence-corrected chi connectivity index (χ3v) is 2.09. The molecule has 0 aliphatic heterocycles. The van der Waals surface area contributed by atoms with Gasteiger partial charge >= 0.3 is 5.97 Å². The zero-order valence-corrected chi connectivity index (χ0v) is 9.10. The van der Waals surface area contributed by atoms with Crippen LogP contribution in [0.25, 0.3) is 0 Å². The summed E-state index contributed by atoms with van der Waals surface area (Å²) >= 11 is 0. The second-order valence-corrected chi connectivity index (χ2v) is 3.65. The van der Waals surface area contributed by atoms with Crippen LogP contribution in [-0.4, -0.2) is 34.6 Å². The minimum Gasteiger partial charge on any atom is -0.481 e. The topological polar surface area (TPSA) is 53.4 Å². The highest BCUT2D eigenvalue weighted by molar-refractivity contribution is 5.66. The number of carbonyl (C=O) groups is 1. The highest BCUT2D eigenvalue weighted by Crippen LogP contribution is 2.02. The molecule has 1 aromatic rings. The first-order chi connectivity index (χ1) is 7.08. The van der Waals surface area contributed by atoms with Crippen molar-refractivity contribution in [1.29, 1.82) is 0 Å². The molecule has 0 saturated heterocycles. The largest absolute Gasteiger partial charge is 0.481 e. The predicted molar refractivity (Wildman–Crippen MR) is 57.6 cm³/mol. The maximum absolute atomic E-state index is 10.4. The fraction of sp³-hybridized carbons (Fsp3) is 0.455. The third-order valence-electron chi connectivity index (χ3n) is 2.09. The Morgan fingerprint density at radius 2 is 2.27 bits per heavy atom. The number of carboxylic acids is 1. The van der Waals surface area contributed by atoms with E-state index in [2.05, 4.69) is 4.98 Å². The minimum absolute atomic E-state index is 0.169. The first kappa shape index (κ1) is 11.7. The summed E-state index contributed by atoms with van der Waals surface area (Å²) in [6.45, 7) is 3.18. The molecule has 0 aliphatic carbocycles. The van der Waals surface area contributed by atoms with Crippen molar-refractivity contribution in [2.75, 3.05) is 13.6 Å². The standard InChI is InChI=1S/C11H16N2O2/c1-9-4-3-5-10(12-9)8-13(2)7-6-11(14)15/h3-5H,6-8H2,1-2H3,(H,14,15). The zero-order chi connectivity index (χ0) is 11.3. The highest BCUT2D eigenvalue weighted by atomic mass is 16.4. The average Bonchev–Trinajstić information content (AvgIpc) is 2.15. The van der Waals surface area contributed by atoms with Crippen molar-refractivity contribution in [3.63, 3.8) is 0 Å². The Morgan fingerprint density at radius 3 is 2.87 bits per heavy atom. The molecule has 1 N–H and O–H groups in total. The summed E-state index contributed by atoms with van der Waals surface area (Å²) in [6.07, 6.45) is 0.169. The van der Waals surface area contributed by atoms with Crippen LogP contribution in [0.1, 0.15) is 17.8 Å². The number of aliphatic carboxylic acids is 1. The van der Waals surface area contributed by atoms with E-state index < -0.39 is 5.97 Å². The Morgan fingerprint density at radius 1 is 1.53 bits per heavy atom. The van der Waals surface area contributed by atoms with Gasteiger partial charge in [-0.1, -0.05) is 6.07 Å². The van der Waals surface area contributed by atoms with Crippen LogP contribution in [0.2, 0.25) is 0 Å². The Hall–Kier alpha value is -1.42. The van der Waals surface area contributed by atoms with Crippen molar-refractivity contribution >= 4 is 5.97 Å². The number of nitrogens with zero attached hydrogens (tertiary/aromatic N) is 2. The van der Waals surface area contributed by atoms with Crippen LogP contribution in [-0.2, 0) is 11.3 Å². The van der Waals surface area contributed by atoms with Gasteiger partial charge in [-0.25, -0.2) is 0 Å². The molecule has 1 heterocycles. The number of pyridine rings is 1. The zero-order valence-electron chi connectivity index (χ0n) is 9.10. The molecule has 0 aliphatic rings. The van der Waals surface area contributed by atoms with Crippen molar-refractivity contribution in [2.45, 2.75) is 19.9 Å². The van der Waals surface area contributed by atoms with E-state index in [0.717, 1.165) is 11.4 Å². The summed E-state index contributed by atoms with van der Waals surface area (Å²) in [5, 5.41) is 8.53. The number of hydrogen-bond acceptors (Lipinski definition) is 3. The van der Waals surface area contributed by atoms with Gasteiger partial charge in [-0.3, -0.25) is 14.7 Å². The normalized spacial score (nSPS) is 10.6. The molecule has 0 amide bonds. The number of aromatic nitrogens is 1. The number of carboxylic acid groups (broad SMARTS) is 1. The molecule has 4 nitrogen and oxygen atoms in total. The van der Waals surface area contributed by atoms with Crippen molar-refractivity contribution in [2.24, 2.45) is 0 Å². The van der Waals surface area contributed by atoms with Gasteiger partial charge < -0.3 is 5.11 Å². The summed E-state index contributed by atoms with van der Waals surface area (Å²) in [5.41, 5.74) is 1.96. The van der Waals surface area contributed by atoms with Gasteiger partial charge in [-0.15, -0.1) is 0 Å². The lowest BCUT2D eigenvalue weighted by atomic mass is 10.3. The quantitative estimate of drug-likeness (QED) is 0.792. The molecule has 15 heavy (non-hydrogen) atoms. The predicted octanol–water partition coefficient (Wildman–Crippen LogP) is 1.30. The van der Waals surface area contributed by atoms with Gasteiger partial charge in [0.25, 0.3) is 0 Å². The first-order valence-electron chi connectivity index (χ1n) is 4.91. The average molecular weight is 208 g/mol. The SMILES string of the molecule is Cc1cccc(CN(C)CCC(=O)O)n1. The molecule has 0 spiro atoms. The lowest BCUT2D eigenvalue weighted by molar-refractivity contribution is -0.137. The van der Waals surface area contributed by atoms with Crippen LogP contribution < -0.4 is 0 Å². The van der Waals surface area contributed by atoms with Crippen LogP contribution in [0.15, 0.2) is 18.2 Å². The molecule has 0 atom stereocenters. The molecular weight excluding hydrogens is 192 g/mol. The van der Waals surface area contributed by atoms with Crippen LogP contribution in [0.3, 0.4) is 0 Å². The Kier molecular flexibility index (Phi) is 4.24. The first-order valence-corrected chi connectivity index (χ1v) is 4.91. The monoisotopic (exact) mass is 208 g/mol. The number of hydrogen-bond donors (Lipinski definition) is 1. The van der Waals surface area contributed by atoms with Gasteiger partial charge in [0.1, 0.15) is 0 Å². The van der Waals surface area contributed by atoms with E-state index in [0.29, 0.717) is 13.1 Å². The van der Waals surface area contributed by atoms with Gasteiger partial charge in [0.15, 0.2) is 0 Å². The van der Waals surface area contributed by atoms with E-state index in [4.69, 9.17) is 5.11 Å². The molecule has 1 aromatic heterocycles. The molecule has 0 unspecified atom stereocenters. The Bertz CT molecular complexity index is 339. The fourth-order valence-corrected chi connectivity index (χ4v) is 1.33. The van der Waals surface area contributed by atoms with Gasteiger partial charge in [0, 0.05) is 18.8 Å². The van der Waals surface area contributed by atoms with Gasteiger partial charge in [0.2, 0.25) is 0 Å². The summed E-state index contributed by atoms with van der Waals surface area (Å²) in [5.74, 6) is -0.765. The maximum atomic E-state index is 10.4. The van der Waals surface area contributed by atoms with E-state index >= 15 is 0 Å². The van der Waals surface area contributed by atoms with Crippen LogP contribution in [0, 0.1) is 6.92 Å².